The number of nitrogens with zero attached hydrogens (tertiary/aromatic N) is 2. The molecule has 0 saturated heterocycles. The number of halogens is 1. The number of carbonyl (C=O) groups is 2. The van der Waals surface area contributed by atoms with E-state index in [-0.39, 0.29) is 30.5 Å². The Balaban J connectivity index is 1.81. The Morgan fingerprint density at radius 3 is 2.81 bits per heavy atom. The highest BCUT2D eigenvalue weighted by Gasteiger charge is 2.27. The lowest BCUT2D eigenvalue weighted by atomic mass is 10.0. The molecule has 0 spiro atoms. The number of hydrogen-bond donors (Lipinski definition) is 1. The number of benzene rings is 2. The number of hydrogen-bond acceptors (Lipinski definition) is 4. The molecule has 0 atom stereocenters. The smallest absolute Gasteiger partial charge is 0.269 e. The topological polar surface area (TPSA) is 92.6 Å². The van der Waals surface area contributed by atoms with Crippen molar-refractivity contribution < 1.29 is 14.5 Å². The van der Waals surface area contributed by atoms with Gasteiger partial charge in [0.2, 0.25) is 11.8 Å². The van der Waals surface area contributed by atoms with Crippen molar-refractivity contribution in [1.82, 2.24) is 0 Å². The summed E-state index contributed by atoms with van der Waals surface area (Å²) in [6.07, 6.45) is 0.624. The number of nitro benzene ring substituents is 1. The highest BCUT2D eigenvalue weighted by atomic mass is 35.5. The predicted octanol–water partition coefficient (Wildman–Crippen LogP) is 3.47. The summed E-state index contributed by atoms with van der Waals surface area (Å²) in [6, 6.07) is 9.49. The zero-order valence-electron chi connectivity index (χ0n) is 14.0. The lowest BCUT2D eigenvalue weighted by Gasteiger charge is -2.28. The Morgan fingerprint density at radius 1 is 1.31 bits per heavy atom. The van der Waals surface area contributed by atoms with E-state index < -0.39 is 4.92 Å². The van der Waals surface area contributed by atoms with Crippen LogP contribution in [0.5, 0.6) is 0 Å². The Labute approximate surface area is 154 Å². The number of fused-ring (bicyclic) bond motifs is 1. The molecule has 134 valence electrons. The minimum atomic E-state index is -0.477. The van der Waals surface area contributed by atoms with Crippen molar-refractivity contribution in [3.05, 3.63) is 62.7 Å². The fraction of sp³-hybridized carbons (Fsp3) is 0.222. The number of nitrogens with one attached hydrogen (secondary N) is 1. The predicted molar refractivity (Wildman–Crippen MR) is 98.6 cm³/mol. The maximum atomic E-state index is 12.4. The van der Waals surface area contributed by atoms with Gasteiger partial charge in [-0.15, -0.1) is 0 Å². The van der Waals surface area contributed by atoms with Crippen molar-refractivity contribution >= 4 is 40.5 Å². The van der Waals surface area contributed by atoms with Crippen LogP contribution in [-0.4, -0.2) is 23.3 Å². The molecule has 1 aliphatic rings. The summed E-state index contributed by atoms with van der Waals surface area (Å²) in [5.74, 6) is -0.556. The maximum absolute atomic E-state index is 12.4. The first-order chi connectivity index (χ1) is 12.4. The van der Waals surface area contributed by atoms with Gasteiger partial charge in [0.15, 0.2) is 0 Å². The Kier molecular flexibility index (Phi) is 4.90. The zero-order valence-corrected chi connectivity index (χ0v) is 14.7. The van der Waals surface area contributed by atoms with Crippen molar-refractivity contribution in [2.75, 3.05) is 16.8 Å². The van der Waals surface area contributed by atoms with Gasteiger partial charge in [-0.25, -0.2) is 0 Å². The van der Waals surface area contributed by atoms with Crippen LogP contribution in [-0.2, 0) is 16.0 Å². The third-order valence-corrected chi connectivity index (χ3v) is 4.73. The molecule has 8 heteroatoms. The first kappa shape index (κ1) is 17.9. The number of anilines is 2. The second-order valence-electron chi connectivity index (χ2n) is 6.01. The van der Waals surface area contributed by atoms with E-state index in [0.717, 1.165) is 5.56 Å². The molecular weight excluding hydrogens is 358 g/mol. The Bertz CT molecular complexity index is 913. The molecule has 7 nitrogen and oxygen atoms in total. The minimum absolute atomic E-state index is 0.0305. The average Bonchev–Trinajstić information content (AvgIpc) is 2.61. The molecular formula is C18H16ClN3O4. The molecule has 0 radical (unpaired) electrons. The van der Waals surface area contributed by atoms with E-state index in [1.54, 1.807) is 25.1 Å². The summed E-state index contributed by atoms with van der Waals surface area (Å²) in [5, 5.41) is 14.2. The van der Waals surface area contributed by atoms with E-state index >= 15 is 0 Å². The number of amides is 2. The van der Waals surface area contributed by atoms with Crippen LogP contribution in [0.2, 0.25) is 5.02 Å². The largest absolute Gasteiger partial charge is 0.324 e. The summed E-state index contributed by atoms with van der Waals surface area (Å²) >= 11 is 6.05. The van der Waals surface area contributed by atoms with Gasteiger partial charge >= 0.3 is 0 Å². The lowest BCUT2D eigenvalue weighted by Crippen LogP contribution is -2.41. The number of non-ortho nitro benzene ring substituents is 1. The van der Waals surface area contributed by atoms with Crippen LogP contribution in [0.4, 0.5) is 17.1 Å². The van der Waals surface area contributed by atoms with Gasteiger partial charge in [-0.1, -0.05) is 17.7 Å². The quantitative estimate of drug-likeness (QED) is 0.656. The summed E-state index contributed by atoms with van der Waals surface area (Å²) in [5.41, 5.74) is 2.51. The van der Waals surface area contributed by atoms with Crippen molar-refractivity contribution in [2.45, 2.75) is 19.8 Å². The van der Waals surface area contributed by atoms with E-state index in [9.17, 15) is 19.7 Å². The van der Waals surface area contributed by atoms with E-state index in [2.05, 4.69) is 5.32 Å². The summed E-state index contributed by atoms with van der Waals surface area (Å²) < 4.78 is 0. The molecule has 1 aliphatic heterocycles. The molecule has 1 heterocycles. The van der Waals surface area contributed by atoms with Crippen molar-refractivity contribution in [3.8, 4) is 0 Å². The number of nitro groups is 1. The van der Waals surface area contributed by atoms with Gasteiger partial charge in [-0.2, -0.15) is 0 Å². The second kappa shape index (κ2) is 7.13. The van der Waals surface area contributed by atoms with Crippen molar-refractivity contribution in [2.24, 2.45) is 0 Å². The third-order valence-electron chi connectivity index (χ3n) is 4.32. The molecule has 2 amide bonds. The van der Waals surface area contributed by atoms with E-state index in [1.807, 2.05) is 0 Å². The van der Waals surface area contributed by atoms with Gasteiger partial charge in [0.05, 0.1) is 4.92 Å². The normalized spacial score (nSPS) is 13.3. The zero-order chi connectivity index (χ0) is 18.8. The fourth-order valence-corrected chi connectivity index (χ4v) is 3.08. The van der Waals surface area contributed by atoms with E-state index in [0.29, 0.717) is 28.4 Å². The Morgan fingerprint density at radius 2 is 2.08 bits per heavy atom. The molecule has 2 aromatic carbocycles. The van der Waals surface area contributed by atoms with Crippen LogP contribution in [0.15, 0.2) is 36.4 Å². The summed E-state index contributed by atoms with van der Waals surface area (Å²) in [6.45, 7) is 1.62. The number of rotatable bonds is 4. The number of carbonyl (C=O) groups excluding carboxylic acids is 2. The standard InChI is InChI=1S/C18H16ClN3O4/c1-11-14(19)3-2-4-15(11)20-17(23)10-21-16-7-6-13(22(25)26)9-12(16)5-8-18(21)24/h2-4,6-7,9H,5,8,10H2,1H3,(H,20,23). The van der Waals surface area contributed by atoms with Crippen LogP contribution < -0.4 is 10.2 Å². The SMILES string of the molecule is Cc1c(Cl)cccc1NC(=O)CN1C(=O)CCc2cc([N+](=O)[O-])ccc21. The van der Waals surface area contributed by atoms with Gasteiger partial charge in [0, 0.05) is 35.0 Å². The van der Waals surface area contributed by atoms with Crippen LogP contribution in [0, 0.1) is 17.0 Å². The molecule has 1 N–H and O–H groups in total. The lowest BCUT2D eigenvalue weighted by molar-refractivity contribution is -0.384. The average molecular weight is 374 g/mol. The van der Waals surface area contributed by atoms with Crippen molar-refractivity contribution in [3.63, 3.8) is 0 Å². The van der Waals surface area contributed by atoms with E-state index in [1.165, 1.54) is 23.1 Å². The summed E-state index contributed by atoms with van der Waals surface area (Å²) in [7, 11) is 0. The van der Waals surface area contributed by atoms with Gasteiger partial charge in [0.1, 0.15) is 6.54 Å². The first-order valence-electron chi connectivity index (χ1n) is 7.99. The van der Waals surface area contributed by atoms with Gasteiger partial charge in [0.25, 0.3) is 5.69 Å². The van der Waals surface area contributed by atoms with Gasteiger partial charge in [-0.3, -0.25) is 19.7 Å². The van der Waals surface area contributed by atoms with Gasteiger partial charge in [-0.05, 0) is 42.7 Å². The third kappa shape index (κ3) is 3.52. The maximum Gasteiger partial charge on any atom is 0.269 e. The molecule has 0 aromatic heterocycles. The second-order valence-corrected chi connectivity index (χ2v) is 6.42. The number of aryl methyl sites for hydroxylation is 1. The molecule has 26 heavy (non-hydrogen) atoms. The van der Waals surface area contributed by atoms with Crippen LogP contribution >= 0.6 is 11.6 Å². The molecule has 0 fully saturated rings. The van der Waals surface area contributed by atoms with Crippen LogP contribution in [0.3, 0.4) is 0 Å². The molecule has 0 bridgehead atoms. The highest BCUT2D eigenvalue weighted by Crippen LogP contribution is 2.31. The van der Waals surface area contributed by atoms with Crippen LogP contribution in [0.25, 0.3) is 0 Å². The fourth-order valence-electron chi connectivity index (χ4n) is 2.91. The molecule has 0 saturated carbocycles. The summed E-state index contributed by atoms with van der Waals surface area (Å²) in [4.78, 5) is 36.5. The van der Waals surface area contributed by atoms with Gasteiger partial charge < -0.3 is 10.2 Å². The minimum Gasteiger partial charge on any atom is -0.324 e. The van der Waals surface area contributed by atoms with Crippen molar-refractivity contribution in [1.29, 1.82) is 0 Å². The Hall–Kier alpha value is -2.93. The molecule has 3 rings (SSSR count). The molecule has 2 aromatic rings. The van der Waals surface area contributed by atoms with Crippen LogP contribution in [0.1, 0.15) is 17.5 Å². The molecule has 0 aliphatic carbocycles. The molecule has 0 unspecified atom stereocenters. The van der Waals surface area contributed by atoms with E-state index in [4.69, 9.17) is 11.6 Å². The monoisotopic (exact) mass is 373 g/mol. The first-order valence-corrected chi connectivity index (χ1v) is 8.37. The highest BCUT2D eigenvalue weighted by molar-refractivity contribution is 6.31.